The highest BCUT2D eigenvalue weighted by molar-refractivity contribution is 6.38. The number of hydrogen-bond donors (Lipinski definition) is 1. The number of fused-ring (bicyclic) bond motifs is 1. The highest BCUT2D eigenvalue weighted by Gasteiger charge is 2.22. The predicted octanol–water partition coefficient (Wildman–Crippen LogP) is 3.81. The zero-order chi connectivity index (χ0) is 19.1. The Morgan fingerprint density at radius 3 is 2.74 bits per heavy atom. The van der Waals surface area contributed by atoms with E-state index in [0.717, 1.165) is 10.9 Å². The Hall–Kier alpha value is -3.19. The summed E-state index contributed by atoms with van der Waals surface area (Å²) in [5.41, 5.74) is 7.17. The third-order valence-corrected chi connectivity index (χ3v) is 4.59. The fourth-order valence-corrected chi connectivity index (χ4v) is 3.40. The second kappa shape index (κ2) is 6.51. The van der Waals surface area contributed by atoms with E-state index in [2.05, 4.69) is 10.1 Å². The van der Waals surface area contributed by atoms with Gasteiger partial charge in [0.1, 0.15) is 11.5 Å². The van der Waals surface area contributed by atoms with E-state index < -0.39 is 11.7 Å². The lowest BCUT2D eigenvalue weighted by Crippen LogP contribution is -2.14. The topological polar surface area (TPSA) is 86.9 Å². The van der Waals surface area contributed by atoms with Crippen molar-refractivity contribution < 1.29 is 13.7 Å². The molecule has 0 fully saturated rings. The van der Waals surface area contributed by atoms with Gasteiger partial charge in [0.2, 0.25) is 17.6 Å². The van der Waals surface area contributed by atoms with E-state index >= 15 is 0 Å². The number of carbonyl (C=O) groups is 1. The summed E-state index contributed by atoms with van der Waals surface area (Å²) in [6, 6.07) is 12.0. The van der Waals surface area contributed by atoms with E-state index in [-0.39, 0.29) is 12.0 Å². The summed E-state index contributed by atoms with van der Waals surface area (Å²) in [5, 5.41) is 5.18. The first kappa shape index (κ1) is 17.2. The molecule has 0 aliphatic carbocycles. The van der Waals surface area contributed by atoms with Gasteiger partial charge in [-0.2, -0.15) is 4.98 Å². The predicted molar refractivity (Wildman–Crippen MR) is 99.2 cm³/mol. The van der Waals surface area contributed by atoms with E-state index in [1.807, 2.05) is 24.3 Å². The van der Waals surface area contributed by atoms with Gasteiger partial charge in [0.25, 0.3) is 0 Å². The van der Waals surface area contributed by atoms with Crippen LogP contribution in [0.25, 0.3) is 28.1 Å². The monoisotopic (exact) mass is 384 g/mol. The molecule has 0 atom stereocenters. The second-order valence-corrected chi connectivity index (χ2v) is 6.45. The molecule has 2 aromatic carbocycles. The molecule has 0 aliphatic rings. The maximum absolute atomic E-state index is 14.5. The summed E-state index contributed by atoms with van der Waals surface area (Å²) < 4.78 is 21.4. The van der Waals surface area contributed by atoms with Gasteiger partial charge in [0.15, 0.2) is 0 Å². The molecular formula is C19H14ClFN4O2. The molecular weight excluding hydrogens is 371 g/mol. The molecule has 4 aromatic rings. The lowest BCUT2D eigenvalue weighted by molar-refractivity contribution is -0.117. The van der Waals surface area contributed by atoms with Crippen LogP contribution >= 0.6 is 11.6 Å². The number of nitrogens with zero attached hydrogens (tertiary/aromatic N) is 3. The molecule has 0 saturated carbocycles. The van der Waals surface area contributed by atoms with Gasteiger partial charge in [0.05, 0.1) is 17.0 Å². The average Bonchev–Trinajstić information content (AvgIpc) is 3.18. The Bertz CT molecular complexity index is 1180. The highest BCUT2D eigenvalue weighted by atomic mass is 35.5. The van der Waals surface area contributed by atoms with Crippen LogP contribution in [0.2, 0.25) is 5.02 Å². The Morgan fingerprint density at radius 1 is 1.30 bits per heavy atom. The van der Waals surface area contributed by atoms with E-state index in [1.165, 1.54) is 12.1 Å². The van der Waals surface area contributed by atoms with Gasteiger partial charge in [-0.1, -0.05) is 41.0 Å². The molecule has 2 heterocycles. The molecule has 0 aliphatic heterocycles. The molecule has 1 amide bonds. The van der Waals surface area contributed by atoms with Crippen LogP contribution in [0.1, 0.15) is 11.5 Å². The van der Waals surface area contributed by atoms with Crippen molar-refractivity contribution in [1.82, 2.24) is 14.7 Å². The summed E-state index contributed by atoms with van der Waals surface area (Å²) in [4.78, 5) is 15.4. The number of aryl methyl sites for hydroxylation is 1. The summed E-state index contributed by atoms with van der Waals surface area (Å²) in [6.07, 6.45) is -0.170. The molecule has 4 rings (SSSR count). The molecule has 27 heavy (non-hydrogen) atoms. The number of hydrogen-bond acceptors (Lipinski definition) is 4. The van der Waals surface area contributed by atoms with Gasteiger partial charge in [-0.3, -0.25) is 4.79 Å². The first-order chi connectivity index (χ1) is 13.0. The van der Waals surface area contributed by atoms with E-state index in [9.17, 15) is 9.18 Å². The lowest BCUT2D eigenvalue weighted by atomic mass is 10.1. The van der Waals surface area contributed by atoms with Crippen LogP contribution in [0.3, 0.4) is 0 Å². The first-order valence-electron chi connectivity index (χ1n) is 8.12. The standard InChI is InChI=1S/C19H14ClFN4O2/c1-10-23-19(24-27-10)18-17(20)13-4-2-3-5-15(13)25(18)12-7-6-11(8-16(22)26)14(21)9-12/h2-7,9H,8H2,1H3,(H2,22,26). The van der Waals surface area contributed by atoms with Gasteiger partial charge < -0.3 is 14.8 Å². The van der Waals surface area contributed by atoms with Crippen molar-refractivity contribution in [2.24, 2.45) is 5.73 Å². The SMILES string of the molecule is Cc1nc(-c2c(Cl)c3ccccc3n2-c2ccc(CC(N)=O)c(F)c2)no1. The van der Waals surface area contributed by atoms with Crippen molar-refractivity contribution >= 4 is 28.4 Å². The van der Waals surface area contributed by atoms with E-state index in [0.29, 0.717) is 28.1 Å². The van der Waals surface area contributed by atoms with Gasteiger partial charge in [-0.15, -0.1) is 0 Å². The fraction of sp³-hybridized carbons (Fsp3) is 0.105. The van der Waals surface area contributed by atoms with Crippen LogP contribution in [0.15, 0.2) is 47.0 Å². The second-order valence-electron chi connectivity index (χ2n) is 6.07. The number of para-hydroxylation sites is 1. The third kappa shape index (κ3) is 2.96. The number of halogens is 2. The average molecular weight is 385 g/mol. The van der Waals surface area contributed by atoms with Crippen molar-refractivity contribution in [2.75, 3.05) is 0 Å². The molecule has 6 nitrogen and oxygen atoms in total. The number of aromatic nitrogens is 3. The number of rotatable bonds is 4. The smallest absolute Gasteiger partial charge is 0.223 e. The molecule has 0 saturated heterocycles. The molecule has 2 aromatic heterocycles. The van der Waals surface area contributed by atoms with Crippen LogP contribution in [-0.4, -0.2) is 20.6 Å². The number of nitrogens with two attached hydrogens (primary N) is 1. The summed E-state index contributed by atoms with van der Waals surface area (Å²) in [6.45, 7) is 1.68. The van der Waals surface area contributed by atoms with Crippen LogP contribution in [-0.2, 0) is 11.2 Å². The maximum Gasteiger partial charge on any atom is 0.223 e. The largest absolute Gasteiger partial charge is 0.369 e. The molecule has 8 heteroatoms. The third-order valence-electron chi connectivity index (χ3n) is 4.21. The van der Waals surface area contributed by atoms with Crippen molar-refractivity contribution in [1.29, 1.82) is 0 Å². The summed E-state index contributed by atoms with van der Waals surface area (Å²) in [5.74, 6) is -0.439. The first-order valence-corrected chi connectivity index (χ1v) is 8.50. The molecule has 2 N–H and O–H groups in total. The number of primary amides is 1. The zero-order valence-electron chi connectivity index (χ0n) is 14.2. The Balaban J connectivity index is 1.98. The minimum atomic E-state index is -0.598. The minimum absolute atomic E-state index is 0.170. The van der Waals surface area contributed by atoms with Crippen molar-refractivity contribution in [2.45, 2.75) is 13.3 Å². The van der Waals surface area contributed by atoms with Crippen LogP contribution in [0, 0.1) is 12.7 Å². The van der Waals surface area contributed by atoms with Crippen LogP contribution in [0.5, 0.6) is 0 Å². The van der Waals surface area contributed by atoms with Crippen LogP contribution < -0.4 is 5.73 Å². The van der Waals surface area contributed by atoms with E-state index in [4.69, 9.17) is 21.9 Å². The number of benzene rings is 2. The maximum atomic E-state index is 14.5. The number of amides is 1. The van der Waals surface area contributed by atoms with Crippen molar-refractivity contribution in [3.05, 3.63) is 64.8 Å². The molecule has 136 valence electrons. The van der Waals surface area contributed by atoms with E-state index in [1.54, 1.807) is 17.6 Å². The minimum Gasteiger partial charge on any atom is -0.369 e. The Kier molecular flexibility index (Phi) is 4.16. The summed E-state index contributed by atoms with van der Waals surface area (Å²) >= 11 is 6.60. The quantitative estimate of drug-likeness (QED) is 0.579. The molecule has 0 spiro atoms. The molecule has 0 unspecified atom stereocenters. The van der Waals surface area contributed by atoms with Crippen molar-refractivity contribution in [3.63, 3.8) is 0 Å². The summed E-state index contributed by atoms with van der Waals surface area (Å²) in [7, 11) is 0. The number of carbonyl (C=O) groups excluding carboxylic acids is 1. The van der Waals surface area contributed by atoms with Crippen LogP contribution in [0.4, 0.5) is 4.39 Å². The van der Waals surface area contributed by atoms with Crippen molar-refractivity contribution in [3.8, 4) is 17.2 Å². The zero-order valence-corrected chi connectivity index (χ0v) is 15.0. The normalized spacial score (nSPS) is 11.2. The fourth-order valence-electron chi connectivity index (χ4n) is 3.07. The van der Waals surface area contributed by atoms with Gasteiger partial charge in [-0.25, -0.2) is 4.39 Å². The van der Waals surface area contributed by atoms with Gasteiger partial charge in [0, 0.05) is 18.0 Å². The lowest BCUT2D eigenvalue weighted by Gasteiger charge is -2.11. The Labute approximate surface area is 158 Å². The molecule has 0 bridgehead atoms. The van der Waals surface area contributed by atoms with Gasteiger partial charge >= 0.3 is 0 Å². The molecule has 0 radical (unpaired) electrons. The Morgan fingerprint density at radius 2 is 2.07 bits per heavy atom. The highest BCUT2D eigenvalue weighted by Crippen LogP contribution is 2.38. The van der Waals surface area contributed by atoms with Gasteiger partial charge in [-0.05, 0) is 23.8 Å².